The minimum atomic E-state index is -1.35. The van der Waals surface area contributed by atoms with E-state index in [0.29, 0.717) is 61.8 Å². The van der Waals surface area contributed by atoms with Crippen LogP contribution in [0.5, 0.6) is 5.75 Å². The lowest BCUT2D eigenvalue weighted by Gasteiger charge is -2.37. The number of thiocarbonyl (C=S) groups is 1. The number of aryl methyl sites for hydroxylation is 1. The van der Waals surface area contributed by atoms with Gasteiger partial charge in [-0.25, -0.2) is 9.18 Å². The van der Waals surface area contributed by atoms with Crippen molar-refractivity contribution in [3.05, 3.63) is 69.8 Å². The largest absolute Gasteiger partial charge is 0.494 e. The van der Waals surface area contributed by atoms with E-state index < -0.39 is 22.8 Å². The first-order valence-corrected chi connectivity index (χ1v) is 12.3. The van der Waals surface area contributed by atoms with Gasteiger partial charge in [0.15, 0.2) is 5.11 Å². The summed E-state index contributed by atoms with van der Waals surface area (Å²) in [5.41, 5.74) is 0.108. The molecular weight excluding hydrogens is 499 g/mol. The van der Waals surface area contributed by atoms with Gasteiger partial charge in [0.05, 0.1) is 17.8 Å². The van der Waals surface area contributed by atoms with E-state index in [1.54, 1.807) is 34.9 Å². The van der Waals surface area contributed by atoms with E-state index in [-0.39, 0.29) is 16.4 Å². The van der Waals surface area contributed by atoms with Gasteiger partial charge in [-0.1, -0.05) is 6.07 Å². The zero-order chi connectivity index (χ0) is 26.7. The summed E-state index contributed by atoms with van der Waals surface area (Å²) < 4.78 is 22.2. The number of nitrogens with one attached hydrogen (secondary N) is 1. The highest BCUT2D eigenvalue weighted by molar-refractivity contribution is 7.80. The molecule has 0 saturated carbocycles. The van der Waals surface area contributed by atoms with Crippen LogP contribution in [0.2, 0.25) is 0 Å². The fourth-order valence-corrected chi connectivity index (χ4v) is 4.62. The summed E-state index contributed by atoms with van der Waals surface area (Å²) in [4.78, 5) is 40.4. The van der Waals surface area contributed by atoms with E-state index in [0.717, 1.165) is 6.07 Å². The van der Waals surface area contributed by atoms with Crippen LogP contribution >= 0.6 is 12.2 Å². The normalized spacial score (nSPS) is 13.5. The number of ether oxygens (including phenoxy) is 1. The molecule has 194 valence electrons. The van der Waals surface area contributed by atoms with Crippen LogP contribution in [0.1, 0.15) is 34.6 Å². The highest BCUT2D eigenvalue weighted by Crippen LogP contribution is 2.26. The molecule has 1 fully saturated rings. The zero-order valence-corrected chi connectivity index (χ0v) is 21.3. The number of aromatic nitrogens is 1. The topological polar surface area (TPSA) is 104 Å². The van der Waals surface area contributed by atoms with Crippen LogP contribution < -0.4 is 20.4 Å². The number of rotatable bonds is 6. The molecule has 0 radical (unpaired) electrons. The lowest BCUT2D eigenvalue weighted by atomic mass is 10.1. The Morgan fingerprint density at radius 3 is 2.51 bits per heavy atom. The summed E-state index contributed by atoms with van der Waals surface area (Å²) in [6.45, 7) is 6.36. The van der Waals surface area contributed by atoms with Crippen molar-refractivity contribution in [2.75, 3.05) is 37.7 Å². The Balaban J connectivity index is 1.47. The first kappa shape index (κ1) is 26.1. The van der Waals surface area contributed by atoms with Crippen molar-refractivity contribution in [2.24, 2.45) is 0 Å². The van der Waals surface area contributed by atoms with Crippen LogP contribution in [-0.4, -0.2) is 64.3 Å². The van der Waals surface area contributed by atoms with Gasteiger partial charge in [0, 0.05) is 49.9 Å². The zero-order valence-electron chi connectivity index (χ0n) is 20.5. The fourth-order valence-electron chi connectivity index (χ4n) is 4.35. The second-order valence-electron chi connectivity index (χ2n) is 8.48. The average Bonchev–Trinajstić information content (AvgIpc) is 2.89. The molecule has 9 nitrogen and oxygen atoms in total. The molecule has 1 aliphatic heterocycles. The Morgan fingerprint density at radius 1 is 1.14 bits per heavy atom. The van der Waals surface area contributed by atoms with Gasteiger partial charge in [0.1, 0.15) is 17.1 Å². The number of fused-ring (bicyclic) bond motifs is 1. The predicted molar refractivity (Wildman–Crippen MR) is 142 cm³/mol. The molecule has 0 bridgehead atoms. The highest BCUT2D eigenvalue weighted by Gasteiger charge is 2.24. The molecule has 11 heteroatoms. The number of carbonyl (C=O) groups excluding carboxylic acids is 1. The van der Waals surface area contributed by atoms with Crippen molar-refractivity contribution >= 4 is 45.8 Å². The number of anilines is 1. The number of amides is 1. The molecule has 37 heavy (non-hydrogen) atoms. The molecule has 0 spiro atoms. The minimum absolute atomic E-state index is 0.0268. The molecule has 1 aromatic heterocycles. The molecule has 1 aliphatic rings. The number of piperazine rings is 1. The van der Waals surface area contributed by atoms with Gasteiger partial charge in [0.2, 0.25) is 5.43 Å². The Bertz CT molecular complexity index is 1430. The molecule has 0 unspecified atom stereocenters. The van der Waals surface area contributed by atoms with Crippen molar-refractivity contribution in [1.29, 1.82) is 0 Å². The van der Waals surface area contributed by atoms with Gasteiger partial charge in [-0.3, -0.25) is 14.9 Å². The molecule has 1 amide bonds. The average molecular weight is 527 g/mol. The number of carbonyl (C=O) groups is 2. The molecule has 2 aromatic carbocycles. The van der Waals surface area contributed by atoms with E-state index in [2.05, 4.69) is 5.32 Å². The summed E-state index contributed by atoms with van der Waals surface area (Å²) in [5.74, 6) is -1.69. The Hall–Kier alpha value is -3.99. The lowest BCUT2D eigenvalue weighted by molar-refractivity contribution is 0.0694. The monoisotopic (exact) mass is 526 g/mol. The van der Waals surface area contributed by atoms with E-state index in [9.17, 15) is 19.5 Å². The van der Waals surface area contributed by atoms with Gasteiger partial charge >= 0.3 is 5.97 Å². The van der Waals surface area contributed by atoms with Crippen LogP contribution in [0.15, 0.2) is 47.4 Å². The number of nitrogens with zero attached hydrogens (tertiary/aromatic N) is 3. The number of pyridine rings is 1. The van der Waals surface area contributed by atoms with Crippen molar-refractivity contribution in [1.82, 2.24) is 14.8 Å². The lowest BCUT2D eigenvalue weighted by Crippen LogP contribution is -2.52. The maximum absolute atomic E-state index is 15.1. The maximum Gasteiger partial charge on any atom is 0.341 e. The Morgan fingerprint density at radius 2 is 1.86 bits per heavy atom. The third kappa shape index (κ3) is 5.41. The van der Waals surface area contributed by atoms with E-state index in [1.807, 2.05) is 23.6 Å². The van der Waals surface area contributed by atoms with Crippen LogP contribution in [0.4, 0.5) is 10.1 Å². The standard InChI is InChI=1S/C26H27FN4O5S/c1-3-29-15-19(25(34)35)23(32)18-13-20(27)22(14-21(18)29)30-8-10-31(11-9-30)26(37)28-24(33)16-6-5-7-17(12-16)36-4-2/h5-7,12-15H,3-4,8-11H2,1-2H3,(H,34,35)(H,28,33,37). The third-order valence-electron chi connectivity index (χ3n) is 6.26. The summed E-state index contributed by atoms with van der Waals surface area (Å²) in [5, 5.41) is 12.4. The van der Waals surface area contributed by atoms with Crippen LogP contribution in [0, 0.1) is 5.82 Å². The molecule has 3 aromatic rings. The second-order valence-corrected chi connectivity index (χ2v) is 8.86. The smallest absolute Gasteiger partial charge is 0.341 e. The Kier molecular flexibility index (Phi) is 7.72. The quantitative estimate of drug-likeness (QED) is 0.473. The first-order valence-electron chi connectivity index (χ1n) is 11.9. The van der Waals surface area contributed by atoms with Crippen molar-refractivity contribution in [3.8, 4) is 5.75 Å². The number of carboxylic acids is 1. The van der Waals surface area contributed by atoms with E-state index in [4.69, 9.17) is 17.0 Å². The summed E-state index contributed by atoms with van der Waals surface area (Å²) in [6, 6.07) is 9.53. The van der Waals surface area contributed by atoms with Gasteiger partial charge in [-0.15, -0.1) is 0 Å². The van der Waals surface area contributed by atoms with Crippen LogP contribution in [0.25, 0.3) is 10.9 Å². The molecule has 0 aliphatic carbocycles. The number of benzene rings is 2. The van der Waals surface area contributed by atoms with Gasteiger partial charge in [-0.05, 0) is 56.4 Å². The number of carboxylic acid groups (broad SMARTS) is 1. The molecular formula is C26H27FN4O5S. The van der Waals surface area contributed by atoms with Gasteiger partial charge in [0.25, 0.3) is 5.91 Å². The number of hydrogen-bond donors (Lipinski definition) is 2. The van der Waals surface area contributed by atoms with Crippen LogP contribution in [-0.2, 0) is 6.54 Å². The van der Waals surface area contributed by atoms with Crippen LogP contribution in [0.3, 0.4) is 0 Å². The summed E-state index contributed by atoms with van der Waals surface area (Å²) in [7, 11) is 0. The first-order chi connectivity index (χ1) is 17.7. The molecule has 1 saturated heterocycles. The summed E-state index contributed by atoms with van der Waals surface area (Å²) >= 11 is 5.44. The van der Waals surface area contributed by atoms with Gasteiger partial charge < -0.3 is 24.2 Å². The minimum Gasteiger partial charge on any atom is -0.494 e. The number of hydrogen-bond acceptors (Lipinski definition) is 6. The van der Waals surface area contributed by atoms with E-state index >= 15 is 4.39 Å². The number of aromatic carboxylic acids is 1. The third-order valence-corrected chi connectivity index (χ3v) is 6.62. The van der Waals surface area contributed by atoms with Crippen molar-refractivity contribution in [3.63, 3.8) is 0 Å². The van der Waals surface area contributed by atoms with Gasteiger partial charge in [-0.2, -0.15) is 0 Å². The SMILES string of the molecule is CCOc1cccc(C(=O)NC(=S)N2CCN(c3cc4c(cc3F)c(=O)c(C(=O)O)cn4CC)CC2)c1. The molecule has 2 N–H and O–H groups in total. The predicted octanol–water partition coefficient (Wildman–Crippen LogP) is 3.09. The molecule has 4 rings (SSSR count). The maximum atomic E-state index is 15.1. The molecule has 2 heterocycles. The van der Waals surface area contributed by atoms with E-state index in [1.165, 1.54) is 6.20 Å². The van der Waals surface area contributed by atoms with Crippen molar-refractivity contribution < 1.29 is 23.8 Å². The summed E-state index contributed by atoms with van der Waals surface area (Å²) in [6.07, 6.45) is 1.29. The molecule has 0 atom stereocenters. The fraction of sp³-hybridized carbons (Fsp3) is 0.308. The highest BCUT2D eigenvalue weighted by atomic mass is 32.1. The number of halogens is 1. The second kappa shape index (κ2) is 11.0. The Labute approximate surface area is 218 Å². The van der Waals surface area contributed by atoms with Crippen molar-refractivity contribution in [2.45, 2.75) is 20.4 Å².